The van der Waals surface area contributed by atoms with Crippen molar-refractivity contribution in [2.45, 2.75) is 22.7 Å². The highest BCUT2D eigenvalue weighted by atomic mass is 35.5. The molecule has 0 aliphatic carbocycles. The molecule has 0 unspecified atom stereocenters. The summed E-state index contributed by atoms with van der Waals surface area (Å²) in [4.78, 5) is 12.7. The summed E-state index contributed by atoms with van der Waals surface area (Å²) in [5.41, 5.74) is 2.27. The Hall–Kier alpha value is -3.14. The first kappa shape index (κ1) is 24.0. The van der Waals surface area contributed by atoms with Crippen LogP contribution < -0.4 is 5.32 Å². The molecule has 0 aliphatic rings. The van der Waals surface area contributed by atoms with Gasteiger partial charge in [0.15, 0.2) is 20.8 Å². The molecule has 0 saturated carbocycles. The molecule has 1 amide bonds. The van der Waals surface area contributed by atoms with Gasteiger partial charge in [0.25, 0.3) is 0 Å². The van der Waals surface area contributed by atoms with Crippen molar-refractivity contribution < 1.29 is 13.2 Å². The van der Waals surface area contributed by atoms with Crippen LogP contribution in [-0.4, -0.2) is 34.8 Å². The van der Waals surface area contributed by atoms with Crippen molar-refractivity contribution in [2.75, 3.05) is 11.1 Å². The first-order chi connectivity index (χ1) is 16.3. The Morgan fingerprint density at radius 1 is 1.00 bits per heavy atom. The molecule has 0 saturated heterocycles. The maximum absolute atomic E-state index is 13.0. The minimum Gasteiger partial charge on any atom is -0.325 e. The first-order valence-electron chi connectivity index (χ1n) is 10.3. The number of carbonyl (C=O) groups excluding carboxylic acids is 1. The second-order valence-electron chi connectivity index (χ2n) is 7.49. The van der Waals surface area contributed by atoms with Gasteiger partial charge in [-0.05, 0) is 49.4 Å². The third-order valence-corrected chi connectivity index (χ3v) is 7.65. The van der Waals surface area contributed by atoms with Crippen LogP contribution >= 0.6 is 23.4 Å². The number of hydrogen-bond donors (Lipinski definition) is 1. The number of amides is 1. The highest BCUT2D eigenvalue weighted by Crippen LogP contribution is 2.25. The summed E-state index contributed by atoms with van der Waals surface area (Å²) in [7, 11) is -3.65. The highest BCUT2D eigenvalue weighted by Gasteiger charge is 2.23. The SMILES string of the molecule is Cc1ccc(S(=O)(=O)Cc2nnc(SCC(=O)Nc3cccc(Cl)c3)n2-c2ccccc2)cc1. The molecule has 174 valence electrons. The van der Waals surface area contributed by atoms with Gasteiger partial charge in [0, 0.05) is 16.4 Å². The summed E-state index contributed by atoms with van der Waals surface area (Å²) in [6, 6.07) is 22.8. The Morgan fingerprint density at radius 2 is 1.74 bits per heavy atom. The number of sulfone groups is 1. The standard InChI is InChI=1S/C24H21ClN4O3S2/c1-17-10-12-21(13-11-17)34(31,32)16-22-27-28-24(29(22)20-8-3-2-4-9-20)33-15-23(30)26-19-7-5-6-18(25)14-19/h2-14H,15-16H2,1H3,(H,26,30). The van der Waals surface area contributed by atoms with Crippen molar-refractivity contribution in [1.29, 1.82) is 0 Å². The number of halogens is 1. The monoisotopic (exact) mass is 512 g/mol. The molecule has 34 heavy (non-hydrogen) atoms. The van der Waals surface area contributed by atoms with Crippen molar-refractivity contribution in [3.05, 3.63) is 95.3 Å². The summed E-state index contributed by atoms with van der Waals surface area (Å²) in [5.74, 6) is -0.247. The molecule has 0 fully saturated rings. The van der Waals surface area contributed by atoms with Crippen LogP contribution in [0.4, 0.5) is 5.69 Å². The number of nitrogens with one attached hydrogen (secondary N) is 1. The molecule has 1 heterocycles. The van der Waals surface area contributed by atoms with Gasteiger partial charge in [-0.15, -0.1) is 10.2 Å². The van der Waals surface area contributed by atoms with Gasteiger partial charge in [0.2, 0.25) is 5.91 Å². The van der Waals surface area contributed by atoms with Gasteiger partial charge in [-0.1, -0.05) is 65.3 Å². The average Bonchev–Trinajstić information content (AvgIpc) is 3.20. The van der Waals surface area contributed by atoms with E-state index in [0.29, 0.717) is 21.6 Å². The third-order valence-electron chi connectivity index (χ3n) is 4.85. The molecule has 7 nitrogen and oxygen atoms in total. The number of hydrogen-bond acceptors (Lipinski definition) is 6. The zero-order valence-corrected chi connectivity index (χ0v) is 20.6. The largest absolute Gasteiger partial charge is 0.325 e. The molecule has 0 aliphatic heterocycles. The average molecular weight is 513 g/mol. The molecule has 0 bridgehead atoms. The summed E-state index contributed by atoms with van der Waals surface area (Å²) >= 11 is 7.14. The lowest BCUT2D eigenvalue weighted by atomic mass is 10.2. The van der Waals surface area contributed by atoms with Gasteiger partial charge in [-0.25, -0.2) is 8.42 Å². The fourth-order valence-electron chi connectivity index (χ4n) is 3.22. The molecule has 0 radical (unpaired) electrons. The van der Waals surface area contributed by atoms with Gasteiger partial charge in [0.05, 0.1) is 10.6 Å². The maximum Gasteiger partial charge on any atom is 0.234 e. The van der Waals surface area contributed by atoms with E-state index in [0.717, 1.165) is 5.56 Å². The molecule has 4 rings (SSSR count). The first-order valence-corrected chi connectivity index (χ1v) is 13.3. The van der Waals surface area contributed by atoms with Crippen LogP contribution in [-0.2, 0) is 20.4 Å². The van der Waals surface area contributed by atoms with E-state index in [1.165, 1.54) is 11.8 Å². The predicted octanol–water partition coefficient (Wildman–Crippen LogP) is 4.93. The van der Waals surface area contributed by atoms with Gasteiger partial charge in [0.1, 0.15) is 5.75 Å². The Balaban J connectivity index is 1.57. The molecule has 0 spiro atoms. The van der Waals surface area contributed by atoms with Crippen LogP contribution in [0.1, 0.15) is 11.4 Å². The second-order valence-corrected chi connectivity index (χ2v) is 10.9. The van der Waals surface area contributed by atoms with Crippen LogP contribution in [0.25, 0.3) is 5.69 Å². The number of aryl methyl sites for hydroxylation is 1. The number of aromatic nitrogens is 3. The number of para-hydroxylation sites is 1. The van der Waals surface area contributed by atoms with E-state index in [2.05, 4.69) is 15.5 Å². The van der Waals surface area contributed by atoms with Crippen LogP contribution in [0.15, 0.2) is 88.9 Å². The number of anilines is 1. The van der Waals surface area contributed by atoms with Gasteiger partial charge < -0.3 is 5.32 Å². The second kappa shape index (κ2) is 10.4. The Bertz CT molecular complexity index is 1410. The Morgan fingerprint density at radius 3 is 2.44 bits per heavy atom. The fraction of sp³-hybridized carbons (Fsp3) is 0.125. The lowest BCUT2D eigenvalue weighted by Crippen LogP contribution is -2.15. The van der Waals surface area contributed by atoms with Crippen LogP contribution in [0, 0.1) is 6.92 Å². The number of thioether (sulfide) groups is 1. The Labute approximate surface area is 207 Å². The molecular formula is C24H21ClN4O3S2. The zero-order chi connectivity index (χ0) is 24.1. The van der Waals surface area contributed by atoms with Crippen LogP contribution in [0.2, 0.25) is 5.02 Å². The van der Waals surface area contributed by atoms with Crippen molar-refractivity contribution in [3.63, 3.8) is 0 Å². The van der Waals surface area contributed by atoms with Crippen LogP contribution in [0.3, 0.4) is 0 Å². The number of nitrogens with zero attached hydrogens (tertiary/aromatic N) is 3. The van der Waals surface area contributed by atoms with Crippen molar-refractivity contribution >= 4 is 44.8 Å². The number of carbonyl (C=O) groups is 1. The summed E-state index contributed by atoms with van der Waals surface area (Å²) in [5, 5.41) is 12.1. The highest BCUT2D eigenvalue weighted by molar-refractivity contribution is 7.99. The van der Waals surface area contributed by atoms with E-state index in [1.54, 1.807) is 53.1 Å². The van der Waals surface area contributed by atoms with E-state index < -0.39 is 9.84 Å². The normalized spacial score (nSPS) is 11.4. The quantitative estimate of drug-likeness (QED) is 0.336. The summed E-state index contributed by atoms with van der Waals surface area (Å²) in [6.07, 6.45) is 0. The lowest BCUT2D eigenvalue weighted by molar-refractivity contribution is -0.113. The van der Waals surface area contributed by atoms with E-state index in [9.17, 15) is 13.2 Å². The van der Waals surface area contributed by atoms with E-state index in [-0.39, 0.29) is 28.1 Å². The molecule has 1 aromatic heterocycles. The number of benzene rings is 3. The number of rotatable bonds is 8. The molecule has 0 atom stereocenters. The Kier molecular flexibility index (Phi) is 7.35. The molecule has 1 N–H and O–H groups in total. The molecular weight excluding hydrogens is 492 g/mol. The van der Waals surface area contributed by atoms with Gasteiger partial charge in [-0.2, -0.15) is 0 Å². The van der Waals surface area contributed by atoms with Gasteiger partial charge >= 0.3 is 0 Å². The topological polar surface area (TPSA) is 94.0 Å². The van der Waals surface area contributed by atoms with E-state index in [4.69, 9.17) is 11.6 Å². The lowest BCUT2D eigenvalue weighted by Gasteiger charge is -2.11. The molecule has 4 aromatic rings. The smallest absolute Gasteiger partial charge is 0.234 e. The van der Waals surface area contributed by atoms with Crippen LogP contribution in [0.5, 0.6) is 0 Å². The van der Waals surface area contributed by atoms with Crippen molar-refractivity contribution in [2.24, 2.45) is 0 Å². The zero-order valence-electron chi connectivity index (χ0n) is 18.2. The predicted molar refractivity (Wildman–Crippen MR) is 134 cm³/mol. The summed E-state index contributed by atoms with van der Waals surface area (Å²) < 4.78 is 27.7. The third kappa shape index (κ3) is 5.85. The molecule has 10 heteroatoms. The minimum atomic E-state index is -3.65. The maximum atomic E-state index is 13.0. The molecule has 3 aromatic carbocycles. The minimum absolute atomic E-state index is 0.0577. The van der Waals surface area contributed by atoms with Crippen molar-refractivity contribution in [3.8, 4) is 5.69 Å². The van der Waals surface area contributed by atoms with E-state index in [1.807, 2.05) is 37.3 Å². The van der Waals surface area contributed by atoms with E-state index >= 15 is 0 Å². The van der Waals surface area contributed by atoms with Gasteiger partial charge in [-0.3, -0.25) is 9.36 Å². The fourth-order valence-corrected chi connectivity index (χ4v) is 5.42. The van der Waals surface area contributed by atoms with Crippen molar-refractivity contribution in [1.82, 2.24) is 14.8 Å². The summed E-state index contributed by atoms with van der Waals surface area (Å²) in [6.45, 7) is 1.90.